The van der Waals surface area contributed by atoms with Crippen LogP contribution in [0.3, 0.4) is 0 Å². The molecule has 0 aliphatic rings. The van der Waals surface area contributed by atoms with Crippen LogP contribution in [0.25, 0.3) is 0 Å². The second-order valence-electron chi connectivity index (χ2n) is 5.34. The maximum Gasteiger partial charge on any atom is 0.283 e. The maximum atomic E-state index is 4.02. The van der Waals surface area contributed by atoms with E-state index in [2.05, 4.69) is 53.9 Å². The summed E-state index contributed by atoms with van der Waals surface area (Å²) in [6, 6.07) is 0. The first-order valence-corrected chi connectivity index (χ1v) is 5.56. The lowest BCUT2D eigenvalue weighted by Crippen LogP contribution is -2.56. The molecule has 1 atom stereocenters. The van der Waals surface area contributed by atoms with Gasteiger partial charge in [0.05, 0.1) is 21.1 Å². The fourth-order valence-corrected chi connectivity index (χ4v) is 1.76. The summed E-state index contributed by atoms with van der Waals surface area (Å²) in [4.78, 5) is 0. The Morgan fingerprint density at radius 3 is 2.24 bits per heavy atom. The van der Waals surface area contributed by atoms with Gasteiger partial charge in [0.1, 0.15) is 10.8 Å². The molecule has 0 amide bonds. The van der Waals surface area contributed by atoms with E-state index >= 15 is 0 Å². The Kier molecular flexibility index (Phi) is 3.49. The molecule has 0 aliphatic heterocycles. The molecule has 96 valence electrons. The van der Waals surface area contributed by atoms with Crippen molar-refractivity contribution in [3.8, 4) is 0 Å². The highest BCUT2D eigenvalue weighted by molar-refractivity contribution is 5.04. The lowest BCUT2D eigenvalue weighted by molar-refractivity contribution is -0.743. The summed E-state index contributed by atoms with van der Waals surface area (Å²) >= 11 is 0. The Balaban J connectivity index is 3.34. The van der Waals surface area contributed by atoms with Crippen LogP contribution in [-0.2, 0) is 19.6 Å². The third-order valence-electron chi connectivity index (χ3n) is 3.24. The molecule has 0 fully saturated rings. The van der Waals surface area contributed by atoms with Gasteiger partial charge in [0, 0.05) is 0 Å². The van der Waals surface area contributed by atoms with E-state index in [0.717, 1.165) is 5.82 Å². The molecule has 1 rings (SSSR count). The number of aryl methyl sites for hydroxylation is 2. The predicted octanol–water partition coefficient (Wildman–Crippen LogP) is 0.488. The highest BCUT2D eigenvalue weighted by Crippen LogP contribution is 2.36. The first-order chi connectivity index (χ1) is 7.74. The molecule has 0 aliphatic carbocycles. The monoisotopic (exact) mass is 240 g/mol. The maximum absolute atomic E-state index is 4.02. The molecule has 0 saturated heterocycles. The van der Waals surface area contributed by atoms with E-state index in [1.807, 2.05) is 14.1 Å². The van der Waals surface area contributed by atoms with E-state index in [1.54, 1.807) is 16.4 Å². The summed E-state index contributed by atoms with van der Waals surface area (Å²) in [5, 5.41) is 15.7. The van der Waals surface area contributed by atoms with Gasteiger partial charge in [-0.2, -0.15) is 5.11 Å². The number of aromatic nitrogens is 4. The van der Waals surface area contributed by atoms with Crippen LogP contribution in [0, 0.1) is 5.41 Å². The standard InChI is InChI=1S/C10H22N7/c1-9(2,3)10(4,12-13-11-5)8-16(6)14-15-17(8)7/h1-7H3,(H,11,12)/q+1. The van der Waals surface area contributed by atoms with Gasteiger partial charge in [-0.05, 0) is 12.3 Å². The molecule has 1 N–H and O–H groups in total. The summed E-state index contributed by atoms with van der Waals surface area (Å²) in [5.41, 5.74) is 2.61. The molecule has 7 nitrogen and oxygen atoms in total. The van der Waals surface area contributed by atoms with Crippen LogP contribution in [0.15, 0.2) is 10.3 Å². The van der Waals surface area contributed by atoms with Gasteiger partial charge in [-0.15, -0.1) is 4.68 Å². The van der Waals surface area contributed by atoms with Crippen LogP contribution in [-0.4, -0.2) is 22.2 Å². The molecule has 1 heterocycles. The SMILES string of the molecule is CN=NNC(C)(c1n(C)nn[n+]1C)C(C)(C)C. The number of hydrogen-bond acceptors (Lipinski definition) is 4. The minimum absolute atomic E-state index is 0.0750. The van der Waals surface area contributed by atoms with Crippen molar-refractivity contribution in [3.63, 3.8) is 0 Å². The Morgan fingerprint density at radius 1 is 1.29 bits per heavy atom. The van der Waals surface area contributed by atoms with Crippen LogP contribution in [0.5, 0.6) is 0 Å². The van der Waals surface area contributed by atoms with Crippen molar-refractivity contribution >= 4 is 0 Å². The van der Waals surface area contributed by atoms with Gasteiger partial charge in [0.25, 0.3) is 5.82 Å². The van der Waals surface area contributed by atoms with E-state index in [9.17, 15) is 0 Å². The van der Waals surface area contributed by atoms with Crippen LogP contribution < -0.4 is 10.1 Å². The lowest BCUT2D eigenvalue weighted by Gasteiger charge is -2.37. The Labute approximate surface area is 102 Å². The quantitative estimate of drug-likeness (QED) is 0.475. The summed E-state index contributed by atoms with van der Waals surface area (Å²) in [5.74, 6) is 0.942. The van der Waals surface area contributed by atoms with Gasteiger partial charge in [-0.25, -0.2) is 0 Å². The average molecular weight is 240 g/mol. The normalized spacial score (nSPS) is 16.2. The van der Waals surface area contributed by atoms with E-state index in [0.29, 0.717) is 0 Å². The Hall–Kier alpha value is -1.53. The molecule has 7 heteroatoms. The summed E-state index contributed by atoms with van der Waals surface area (Å²) in [6.45, 7) is 8.48. The molecule has 0 spiro atoms. The van der Waals surface area contributed by atoms with E-state index in [1.165, 1.54) is 0 Å². The van der Waals surface area contributed by atoms with Gasteiger partial charge in [0.2, 0.25) is 0 Å². The lowest BCUT2D eigenvalue weighted by atomic mass is 9.74. The highest BCUT2D eigenvalue weighted by atomic mass is 15.6. The first kappa shape index (κ1) is 13.5. The predicted molar refractivity (Wildman–Crippen MR) is 62.9 cm³/mol. The third-order valence-corrected chi connectivity index (χ3v) is 3.24. The molecule has 1 aromatic rings. The van der Waals surface area contributed by atoms with Gasteiger partial charge in [0.15, 0.2) is 5.21 Å². The molecular formula is C10H22N7+. The van der Waals surface area contributed by atoms with Crippen molar-refractivity contribution in [1.29, 1.82) is 0 Å². The Morgan fingerprint density at radius 2 is 1.88 bits per heavy atom. The molecule has 0 radical (unpaired) electrons. The van der Waals surface area contributed by atoms with E-state index in [4.69, 9.17) is 0 Å². The van der Waals surface area contributed by atoms with Gasteiger partial charge < -0.3 is 0 Å². The van der Waals surface area contributed by atoms with Gasteiger partial charge in [-0.1, -0.05) is 30.7 Å². The fraction of sp³-hybridized carbons (Fsp3) is 0.900. The zero-order valence-corrected chi connectivity index (χ0v) is 11.7. The van der Waals surface area contributed by atoms with Crippen molar-refractivity contribution in [1.82, 2.24) is 20.5 Å². The van der Waals surface area contributed by atoms with Crippen LogP contribution >= 0.6 is 0 Å². The average Bonchev–Trinajstić information content (AvgIpc) is 2.54. The van der Waals surface area contributed by atoms with Crippen molar-refractivity contribution in [2.24, 2.45) is 29.8 Å². The second-order valence-corrected chi connectivity index (χ2v) is 5.34. The van der Waals surface area contributed by atoms with Crippen molar-refractivity contribution < 1.29 is 4.68 Å². The van der Waals surface area contributed by atoms with Gasteiger partial charge in [-0.3, -0.25) is 5.43 Å². The van der Waals surface area contributed by atoms with Crippen LogP contribution in [0.4, 0.5) is 0 Å². The van der Waals surface area contributed by atoms with Crippen molar-refractivity contribution in [3.05, 3.63) is 5.82 Å². The molecular weight excluding hydrogens is 218 g/mol. The van der Waals surface area contributed by atoms with Crippen molar-refractivity contribution in [2.45, 2.75) is 33.2 Å². The Bertz CT molecular complexity index is 395. The molecule has 0 saturated carbocycles. The smallest absolute Gasteiger partial charge is 0.275 e. The number of nitrogens with zero attached hydrogens (tertiary/aromatic N) is 6. The number of nitrogens with one attached hydrogen (secondary N) is 1. The van der Waals surface area contributed by atoms with E-state index in [-0.39, 0.29) is 5.41 Å². The number of rotatable bonds is 3. The summed E-state index contributed by atoms with van der Waals surface area (Å²) in [6.07, 6.45) is 0. The summed E-state index contributed by atoms with van der Waals surface area (Å²) < 4.78 is 3.51. The molecule has 1 aromatic heterocycles. The van der Waals surface area contributed by atoms with Crippen molar-refractivity contribution in [2.75, 3.05) is 7.05 Å². The largest absolute Gasteiger partial charge is 0.283 e. The summed E-state index contributed by atoms with van der Waals surface area (Å²) in [7, 11) is 5.38. The topological polar surface area (TPSA) is 71.3 Å². The highest BCUT2D eigenvalue weighted by Gasteiger charge is 2.48. The third kappa shape index (κ3) is 2.27. The minimum atomic E-state index is -0.417. The van der Waals surface area contributed by atoms with E-state index < -0.39 is 5.54 Å². The van der Waals surface area contributed by atoms with Gasteiger partial charge >= 0.3 is 0 Å². The number of tetrazole rings is 1. The minimum Gasteiger partial charge on any atom is -0.275 e. The zero-order valence-electron chi connectivity index (χ0n) is 11.7. The number of hydrogen-bond donors (Lipinski definition) is 1. The van der Waals surface area contributed by atoms with Crippen LogP contribution in [0.2, 0.25) is 0 Å². The molecule has 17 heavy (non-hydrogen) atoms. The first-order valence-electron chi connectivity index (χ1n) is 5.56. The molecule has 0 bridgehead atoms. The molecule has 1 unspecified atom stereocenters. The second kappa shape index (κ2) is 4.38. The van der Waals surface area contributed by atoms with Crippen LogP contribution in [0.1, 0.15) is 33.5 Å². The molecule has 0 aromatic carbocycles. The zero-order chi connectivity index (χ0) is 13.3. The fourth-order valence-electron chi connectivity index (χ4n) is 1.76.